The largest absolute Gasteiger partial charge is 0.396 e. The Morgan fingerprint density at radius 2 is 1.85 bits per heavy atom. The topological polar surface area (TPSA) is 87.5 Å². The van der Waals surface area contributed by atoms with E-state index in [2.05, 4.69) is 15.2 Å². The zero-order valence-electron chi connectivity index (χ0n) is 18.0. The van der Waals surface area contributed by atoms with Crippen LogP contribution in [0.25, 0.3) is 0 Å². The minimum absolute atomic E-state index is 0.102. The molecule has 2 aliphatic heterocycles. The average Bonchev–Trinajstić information content (AvgIpc) is 3.03. The van der Waals surface area contributed by atoms with Crippen LogP contribution in [-0.2, 0) is 24.4 Å². The van der Waals surface area contributed by atoms with Gasteiger partial charge in [-0.15, -0.1) is 0 Å². The molecule has 33 heavy (non-hydrogen) atoms. The van der Waals surface area contributed by atoms with Crippen LogP contribution in [0.15, 0.2) is 71.8 Å². The summed E-state index contributed by atoms with van der Waals surface area (Å²) >= 11 is 0. The van der Waals surface area contributed by atoms with E-state index in [-0.39, 0.29) is 48.4 Å². The van der Waals surface area contributed by atoms with Crippen molar-refractivity contribution in [3.63, 3.8) is 0 Å². The van der Waals surface area contributed by atoms with Crippen LogP contribution >= 0.6 is 0 Å². The van der Waals surface area contributed by atoms with Crippen LogP contribution in [0.3, 0.4) is 0 Å². The number of rotatable bonds is 6. The summed E-state index contributed by atoms with van der Waals surface area (Å²) in [4.78, 5) is 32.4. The summed E-state index contributed by atoms with van der Waals surface area (Å²) in [5.74, 6) is -1.37. The third-order valence-corrected chi connectivity index (χ3v) is 6.84. The highest BCUT2D eigenvalue weighted by molar-refractivity contribution is 5.80. The summed E-state index contributed by atoms with van der Waals surface area (Å²) in [5.41, 5.74) is 2.52. The van der Waals surface area contributed by atoms with Gasteiger partial charge >= 0.3 is 0 Å². The van der Waals surface area contributed by atoms with Crippen LogP contribution in [-0.4, -0.2) is 38.1 Å². The number of aliphatic hydroxyl groups excluding tert-OH is 1. The van der Waals surface area contributed by atoms with Crippen LogP contribution in [0.4, 0.5) is 4.39 Å². The predicted molar refractivity (Wildman–Crippen MR) is 119 cm³/mol. The molecule has 2 bridgehead atoms. The molecule has 0 aliphatic carbocycles. The van der Waals surface area contributed by atoms with Crippen LogP contribution in [0, 0.1) is 17.7 Å². The molecule has 4 atom stereocenters. The molecule has 4 heterocycles. The summed E-state index contributed by atoms with van der Waals surface area (Å²) in [6.07, 6.45) is 3.46. The Kier molecular flexibility index (Phi) is 5.78. The molecular formula is C25H25FN4O3. The molecule has 1 saturated heterocycles. The number of benzene rings is 1. The minimum Gasteiger partial charge on any atom is -0.396 e. The van der Waals surface area contributed by atoms with E-state index in [4.69, 9.17) is 0 Å². The first-order chi connectivity index (χ1) is 16.1. The fraction of sp³-hybridized carbons (Fsp3) is 0.320. The van der Waals surface area contributed by atoms with Crippen molar-refractivity contribution in [1.29, 1.82) is 0 Å². The van der Waals surface area contributed by atoms with Crippen LogP contribution in [0.2, 0.25) is 0 Å². The SMILES string of the molecule is O=C(NCc1ccc(F)cc1)[C@@H]1[C@@H](CO)[C@@H]2Cn3c(cccc3=O)[C@H]1N2Cc1ccncc1. The summed E-state index contributed by atoms with van der Waals surface area (Å²) in [7, 11) is 0. The second-order valence-corrected chi connectivity index (χ2v) is 8.66. The first kappa shape index (κ1) is 21.5. The highest BCUT2D eigenvalue weighted by atomic mass is 19.1. The van der Waals surface area contributed by atoms with Crippen molar-refractivity contribution in [3.05, 3.63) is 100.0 Å². The second kappa shape index (κ2) is 8.88. The predicted octanol–water partition coefficient (Wildman–Crippen LogP) is 1.86. The Bertz CT molecular complexity index is 1200. The van der Waals surface area contributed by atoms with Crippen molar-refractivity contribution < 1.29 is 14.3 Å². The number of halogens is 1. The Morgan fingerprint density at radius 3 is 2.58 bits per heavy atom. The van der Waals surface area contributed by atoms with E-state index >= 15 is 0 Å². The van der Waals surface area contributed by atoms with Crippen molar-refractivity contribution in [3.8, 4) is 0 Å². The van der Waals surface area contributed by atoms with Gasteiger partial charge in [0.15, 0.2) is 0 Å². The lowest BCUT2D eigenvalue weighted by atomic mass is 9.86. The number of pyridine rings is 2. The number of amides is 1. The van der Waals surface area contributed by atoms with Gasteiger partial charge in [-0.3, -0.25) is 19.5 Å². The normalized spacial score (nSPS) is 23.8. The zero-order valence-corrected chi connectivity index (χ0v) is 18.0. The van der Waals surface area contributed by atoms with Gasteiger partial charge in [-0.05, 0) is 41.5 Å². The van der Waals surface area contributed by atoms with E-state index in [1.54, 1.807) is 35.2 Å². The Balaban J connectivity index is 1.48. The van der Waals surface area contributed by atoms with Crippen LogP contribution < -0.4 is 10.9 Å². The molecular weight excluding hydrogens is 423 g/mol. The summed E-state index contributed by atoms with van der Waals surface area (Å²) in [6.45, 7) is 1.10. The fourth-order valence-electron chi connectivity index (χ4n) is 5.30. The van der Waals surface area contributed by atoms with E-state index in [0.29, 0.717) is 13.1 Å². The average molecular weight is 448 g/mol. The molecule has 0 spiro atoms. The standard InChI is InChI=1S/C25H25FN4O3/c26-18-6-4-16(5-7-18)12-28-25(33)23-19(15-31)21-14-29-20(2-1-3-22(29)32)24(23)30(21)13-17-8-10-27-11-9-17/h1-11,19,21,23-24,31H,12-15H2,(H,28,33)/t19-,21-,23+,24+/m0/s1. The van der Waals surface area contributed by atoms with Crippen molar-refractivity contribution >= 4 is 5.91 Å². The lowest BCUT2D eigenvalue weighted by Gasteiger charge is -2.38. The van der Waals surface area contributed by atoms with Gasteiger partial charge in [0.1, 0.15) is 5.82 Å². The van der Waals surface area contributed by atoms with E-state index < -0.39 is 5.92 Å². The number of aromatic nitrogens is 2. The van der Waals surface area contributed by atoms with E-state index in [1.807, 2.05) is 18.2 Å². The smallest absolute Gasteiger partial charge is 0.250 e. The van der Waals surface area contributed by atoms with Gasteiger partial charge in [-0.1, -0.05) is 18.2 Å². The first-order valence-electron chi connectivity index (χ1n) is 11.0. The van der Waals surface area contributed by atoms with Gasteiger partial charge in [-0.2, -0.15) is 0 Å². The highest BCUT2D eigenvalue weighted by Gasteiger charge is 2.55. The molecule has 170 valence electrons. The van der Waals surface area contributed by atoms with Crippen molar-refractivity contribution in [2.45, 2.75) is 31.7 Å². The molecule has 8 heteroatoms. The quantitative estimate of drug-likeness (QED) is 0.601. The third-order valence-electron chi connectivity index (χ3n) is 6.84. The van der Waals surface area contributed by atoms with E-state index in [9.17, 15) is 19.1 Å². The Hall–Kier alpha value is -3.36. The number of hydrogen-bond acceptors (Lipinski definition) is 5. The maximum Gasteiger partial charge on any atom is 0.250 e. The maximum absolute atomic E-state index is 13.5. The van der Waals surface area contributed by atoms with Gasteiger partial charge < -0.3 is 15.0 Å². The molecule has 0 unspecified atom stereocenters. The number of fused-ring (bicyclic) bond motifs is 4. The molecule has 0 radical (unpaired) electrons. The number of nitrogens with zero attached hydrogens (tertiary/aromatic N) is 3. The third kappa shape index (κ3) is 3.96. The molecule has 1 aromatic carbocycles. The molecule has 2 N–H and O–H groups in total. The molecule has 1 amide bonds. The first-order valence-corrected chi connectivity index (χ1v) is 11.0. The summed E-state index contributed by atoms with van der Waals surface area (Å²) in [6, 6.07) is 14.5. The molecule has 1 fully saturated rings. The number of carbonyl (C=O) groups excluding carboxylic acids is 1. The number of carbonyl (C=O) groups is 1. The molecule has 7 nitrogen and oxygen atoms in total. The zero-order chi connectivity index (χ0) is 22.9. The van der Waals surface area contributed by atoms with Crippen molar-refractivity contribution in [2.24, 2.45) is 11.8 Å². The fourth-order valence-corrected chi connectivity index (χ4v) is 5.30. The van der Waals surface area contributed by atoms with Crippen molar-refractivity contribution in [2.75, 3.05) is 6.61 Å². The maximum atomic E-state index is 13.5. The summed E-state index contributed by atoms with van der Waals surface area (Å²) < 4.78 is 14.9. The highest BCUT2D eigenvalue weighted by Crippen LogP contribution is 2.48. The molecule has 5 rings (SSSR count). The van der Waals surface area contributed by atoms with Gasteiger partial charge in [0, 0.05) is 62.4 Å². The Morgan fingerprint density at radius 1 is 1.09 bits per heavy atom. The van der Waals surface area contributed by atoms with Crippen molar-refractivity contribution in [1.82, 2.24) is 19.8 Å². The number of nitrogens with one attached hydrogen (secondary N) is 1. The van der Waals surface area contributed by atoms with Gasteiger partial charge in [0.25, 0.3) is 5.56 Å². The van der Waals surface area contributed by atoms with Gasteiger partial charge in [-0.25, -0.2) is 4.39 Å². The van der Waals surface area contributed by atoms with Crippen LogP contribution in [0.5, 0.6) is 0 Å². The summed E-state index contributed by atoms with van der Waals surface area (Å²) in [5, 5.41) is 13.3. The Labute approximate surface area is 190 Å². The van der Waals surface area contributed by atoms with E-state index in [1.165, 1.54) is 18.2 Å². The van der Waals surface area contributed by atoms with E-state index in [0.717, 1.165) is 16.8 Å². The number of hydrogen-bond donors (Lipinski definition) is 2. The molecule has 2 aliphatic rings. The molecule has 3 aromatic rings. The number of aliphatic hydroxyl groups is 1. The lowest BCUT2D eigenvalue weighted by Crippen LogP contribution is -2.45. The second-order valence-electron chi connectivity index (χ2n) is 8.66. The molecule has 2 aromatic heterocycles. The van der Waals surface area contributed by atoms with Crippen LogP contribution in [0.1, 0.15) is 22.9 Å². The van der Waals surface area contributed by atoms with Gasteiger partial charge in [0.05, 0.1) is 12.0 Å². The minimum atomic E-state index is -0.530. The monoisotopic (exact) mass is 448 g/mol. The lowest BCUT2D eigenvalue weighted by molar-refractivity contribution is -0.127. The van der Waals surface area contributed by atoms with Gasteiger partial charge in [0.2, 0.25) is 5.91 Å². The molecule has 0 saturated carbocycles.